The molecular formula is C19H24N4O. The van der Waals surface area contributed by atoms with E-state index in [0.29, 0.717) is 12.5 Å². The first-order valence-corrected chi connectivity index (χ1v) is 8.57. The van der Waals surface area contributed by atoms with Crippen LogP contribution in [0.15, 0.2) is 36.5 Å². The Morgan fingerprint density at radius 3 is 3.17 bits per heavy atom. The molecule has 1 N–H and O–H groups in total. The molecule has 24 heavy (non-hydrogen) atoms. The number of fused-ring (bicyclic) bond motifs is 2. The van der Waals surface area contributed by atoms with Gasteiger partial charge in [-0.05, 0) is 24.7 Å². The summed E-state index contributed by atoms with van der Waals surface area (Å²) >= 11 is 0. The van der Waals surface area contributed by atoms with Gasteiger partial charge in [-0.2, -0.15) is 0 Å². The molecule has 5 heteroatoms. The standard InChI is InChI=1S/C19H24N4O/c1-22-11-16-9-20-12-19(16,13-22)18(24)23(2)10-14-7-15-5-3-4-6-17(15)21-8-14/h3-8,16,20H,9-13H2,1-2H3/t16-,19-/m1/s1. The highest BCUT2D eigenvalue weighted by molar-refractivity contribution is 5.84. The molecule has 1 amide bonds. The summed E-state index contributed by atoms with van der Waals surface area (Å²) in [5.41, 5.74) is 1.81. The minimum atomic E-state index is -0.256. The quantitative estimate of drug-likeness (QED) is 0.926. The van der Waals surface area contributed by atoms with Crippen LogP contribution in [-0.4, -0.2) is 61.0 Å². The summed E-state index contributed by atoms with van der Waals surface area (Å²) in [5, 5.41) is 4.54. The second-order valence-electron chi connectivity index (χ2n) is 7.38. The fraction of sp³-hybridized carbons (Fsp3) is 0.474. The lowest BCUT2D eigenvalue weighted by molar-refractivity contribution is -0.141. The highest BCUT2D eigenvalue weighted by Gasteiger charge is 2.54. The molecule has 2 aliphatic heterocycles. The molecule has 1 aromatic carbocycles. The second kappa shape index (κ2) is 5.83. The number of hydrogen-bond acceptors (Lipinski definition) is 4. The number of amides is 1. The molecule has 1 aromatic heterocycles. The number of pyridine rings is 1. The van der Waals surface area contributed by atoms with E-state index in [0.717, 1.165) is 42.6 Å². The van der Waals surface area contributed by atoms with Crippen LogP contribution in [-0.2, 0) is 11.3 Å². The predicted octanol–water partition coefficient (Wildman–Crippen LogP) is 1.34. The van der Waals surface area contributed by atoms with Gasteiger partial charge in [0.25, 0.3) is 0 Å². The molecule has 2 aliphatic rings. The van der Waals surface area contributed by atoms with Crippen LogP contribution in [0.2, 0.25) is 0 Å². The minimum Gasteiger partial charge on any atom is -0.341 e. The number of aromatic nitrogens is 1. The maximum absolute atomic E-state index is 13.2. The first-order chi connectivity index (χ1) is 11.6. The zero-order valence-electron chi connectivity index (χ0n) is 14.3. The lowest BCUT2D eigenvalue weighted by Gasteiger charge is -2.31. The topological polar surface area (TPSA) is 48.5 Å². The van der Waals surface area contributed by atoms with Gasteiger partial charge >= 0.3 is 0 Å². The lowest BCUT2D eigenvalue weighted by atomic mass is 9.79. The summed E-state index contributed by atoms with van der Waals surface area (Å²) in [5.74, 6) is 0.683. The highest BCUT2D eigenvalue weighted by atomic mass is 16.2. The molecule has 4 rings (SSSR count). The fourth-order valence-electron chi connectivity index (χ4n) is 4.40. The van der Waals surface area contributed by atoms with Crippen LogP contribution >= 0.6 is 0 Å². The molecule has 0 saturated carbocycles. The number of likely N-dealkylation sites (tertiary alicyclic amines) is 1. The van der Waals surface area contributed by atoms with Crippen molar-refractivity contribution in [3.8, 4) is 0 Å². The van der Waals surface area contributed by atoms with E-state index in [1.165, 1.54) is 0 Å². The largest absolute Gasteiger partial charge is 0.341 e. The van der Waals surface area contributed by atoms with Crippen LogP contribution in [0.25, 0.3) is 10.9 Å². The molecule has 0 bridgehead atoms. The van der Waals surface area contributed by atoms with Gasteiger partial charge in [-0.15, -0.1) is 0 Å². The van der Waals surface area contributed by atoms with E-state index in [4.69, 9.17) is 0 Å². The minimum absolute atomic E-state index is 0.256. The van der Waals surface area contributed by atoms with Crippen molar-refractivity contribution < 1.29 is 4.79 Å². The molecule has 0 spiro atoms. The molecule has 2 atom stereocenters. The van der Waals surface area contributed by atoms with Crippen molar-refractivity contribution in [3.63, 3.8) is 0 Å². The molecule has 2 saturated heterocycles. The smallest absolute Gasteiger partial charge is 0.231 e. The van der Waals surface area contributed by atoms with Crippen molar-refractivity contribution >= 4 is 16.8 Å². The summed E-state index contributed by atoms with van der Waals surface area (Å²) in [4.78, 5) is 21.9. The van der Waals surface area contributed by atoms with Gasteiger partial charge in [-0.1, -0.05) is 18.2 Å². The summed E-state index contributed by atoms with van der Waals surface area (Å²) in [6.45, 7) is 4.20. The van der Waals surface area contributed by atoms with Gasteiger partial charge in [0.15, 0.2) is 0 Å². The van der Waals surface area contributed by atoms with E-state index in [-0.39, 0.29) is 11.3 Å². The van der Waals surface area contributed by atoms with Gasteiger partial charge in [0.1, 0.15) is 0 Å². The average molecular weight is 324 g/mol. The van der Waals surface area contributed by atoms with Gasteiger partial charge in [0.05, 0.1) is 10.9 Å². The fourth-order valence-corrected chi connectivity index (χ4v) is 4.40. The van der Waals surface area contributed by atoms with Gasteiger partial charge in [0.2, 0.25) is 5.91 Å². The van der Waals surface area contributed by atoms with Crippen molar-refractivity contribution in [1.29, 1.82) is 0 Å². The SMILES string of the molecule is CN1C[C@H]2CNC[C@@]2(C(=O)N(C)Cc2cnc3ccccc3c2)C1. The summed E-state index contributed by atoms with van der Waals surface area (Å²) < 4.78 is 0. The van der Waals surface area contributed by atoms with Gasteiger partial charge < -0.3 is 15.1 Å². The Morgan fingerprint density at radius 1 is 1.46 bits per heavy atom. The van der Waals surface area contributed by atoms with Crippen LogP contribution in [0, 0.1) is 11.3 Å². The number of para-hydroxylation sites is 1. The Labute approximate surface area is 142 Å². The Kier molecular flexibility index (Phi) is 3.77. The van der Waals surface area contributed by atoms with Crippen LogP contribution in [0.4, 0.5) is 0 Å². The predicted molar refractivity (Wildman–Crippen MR) is 94.5 cm³/mol. The van der Waals surface area contributed by atoms with Gasteiger partial charge in [-0.25, -0.2) is 0 Å². The molecule has 126 valence electrons. The second-order valence-corrected chi connectivity index (χ2v) is 7.38. The van der Waals surface area contributed by atoms with E-state index >= 15 is 0 Å². The third kappa shape index (κ3) is 2.48. The first-order valence-electron chi connectivity index (χ1n) is 8.57. The molecule has 0 unspecified atom stereocenters. The number of benzene rings is 1. The number of nitrogens with one attached hydrogen (secondary N) is 1. The van der Waals surface area contributed by atoms with Crippen molar-refractivity contribution in [2.24, 2.45) is 11.3 Å². The van der Waals surface area contributed by atoms with Gasteiger partial charge in [0, 0.05) is 57.3 Å². The molecule has 0 aliphatic carbocycles. The van der Waals surface area contributed by atoms with Crippen molar-refractivity contribution in [1.82, 2.24) is 20.1 Å². The number of nitrogens with zero attached hydrogens (tertiary/aromatic N) is 3. The Morgan fingerprint density at radius 2 is 2.29 bits per heavy atom. The number of carbonyl (C=O) groups excluding carboxylic acids is 1. The van der Waals surface area contributed by atoms with E-state index in [1.54, 1.807) is 0 Å². The molecule has 2 fully saturated rings. The number of carbonyl (C=O) groups is 1. The average Bonchev–Trinajstić information content (AvgIpc) is 3.10. The highest BCUT2D eigenvalue weighted by Crippen LogP contribution is 2.40. The normalized spacial score (nSPS) is 26.7. The van der Waals surface area contributed by atoms with Crippen molar-refractivity contribution in [2.75, 3.05) is 40.3 Å². The van der Waals surface area contributed by atoms with Crippen LogP contribution in [0.5, 0.6) is 0 Å². The summed E-state index contributed by atoms with van der Waals surface area (Å²) in [6, 6.07) is 10.2. The van der Waals surface area contributed by atoms with E-state index in [1.807, 2.05) is 36.3 Å². The molecular weight excluding hydrogens is 300 g/mol. The number of rotatable bonds is 3. The molecule has 3 heterocycles. The van der Waals surface area contributed by atoms with Crippen molar-refractivity contribution in [3.05, 3.63) is 42.1 Å². The summed E-state index contributed by atoms with van der Waals surface area (Å²) in [7, 11) is 4.03. The molecule has 5 nitrogen and oxygen atoms in total. The van der Waals surface area contributed by atoms with E-state index in [9.17, 15) is 4.79 Å². The third-order valence-corrected chi connectivity index (χ3v) is 5.54. The maximum Gasteiger partial charge on any atom is 0.231 e. The van der Waals surface area contributed by atoms with Crippen LogP contribution in [0.3, 0.4) is 0 Å². The van der Waals surface area contributed by atoms with Crippen molar-refractivity contribution in [2.45, 2.75) is 6.54 Å². The Hall–Kier alpha value is -1.98. The lowest BCUT2D eigenvalue weighted by Crippen LogP contribution is -2.47. The Balaban J connectivity index is 1.54. The van der Waals surface area contributed by atoms with Crippen LogP contribution in [0.1, 0.15) is 5.56 Å². The van der Waals surface area contributed by atoms with E-state index in [2.05, 4.69) is 34.4 Å². The number of hydrogen-bond donors (Lipinski definition) is 1. The Bertz CT molecular complexity index is 777. The third-order valence-electron chi connectivity index (χ3n) is 5.54. The van der Waals surface area contributed by atoms with Gasteiger partial charge in [-0.3, -0.25) is 9.78 Å². The molecule has 0 radical (unpaired) electrons. The molecule has 2 aromatic rings. The zero-order valence-corrected chi connectivity index (χ0v) is 14.3. The maximum atomic E-state index is 13.2. The zero-order chi connectivity index (χ0) is 16.7. The van der Waals surface area contributed by atoms with E-state index < -0.39 is 0 Å². The summed E-state index contributed by atoms with van der Waals surface area (Å²) in [6.07, 6.45) is 1.88. The monoisotopic (exact) mass is 324 g/mol. The van der Waals surface area contributed by atoms with Crippen LogP contribution < -0.4 is 5.32 Å². The first kappa shape index (κ1) is 15.5.